The molecular weight excluding hydrogens is 312 g/mol. The van der Waals surface area contributed by atoms with Crippen molar-refractivity contribution in [2.75, 3.05) is 13.1 Å². The molecule has 0 radical (unpaired) electrons. The van der Waals surface area contributed by atoms with Crippen LogP contribution in [0, 0.1) is 0 Å². The number of amides is 2. The van der Waals surface area contributed by atoms with Gasteiger partial charge in [-0.3, -0.25) is 9.59 Å². The minimum atomic E-state index is -0.0329. The molecule has 1 saturated heterocycles. The quantitative estimate of drug-likeness (QED) is 0.912. The van der Waals surface area contributed by atoms with Gasteiger partial charge in [-0.25, -0.2) is 0 Å². The first kappa shape index (κ1) is 17.2. The number of carbonyl (C=O) groups excluding carboxylic acids is 2. The molecule has 4 heteroatoms. The van der Waals surface area contributed by atoms with Gasteiger partial charge in [-0.2, -0.15) is 0 Å². The van der Waals surface area contributed by atoms with Crippen LogP contribution in [0.3, 0.4) is 0 Å². The lowest BCUT2D eigenvalue weighted by Gasteiger charge is -2.32. The highest BCUT2D eigenvalue weighted by Gasteiger charge is 2.23. The van der Waals surface area contributed by atoms with Crippen molar-refractivity contribution in [2.24, 2.45) is 0 Å². The Morgan fingerprint density at radius 3 is 2.16 bits per heavy atom. The smallest absolute Gasteiger partial charge is 0.251 e. The van der Waals surface area contributed by atoms with Crippen LogP contribution < -0.4 is 5.32 Å². The predicted octanol–water partition coefficient (Wildman–Crippen LogP) is 3.04. The average Bonchev–Trinajstić information content (AvgIpc) is 2.68. The normalized spacial score (nSPS) is 15.0. The van der Waals surface area contributed by atoms with E-state index in [-0.39, 0.29) is 17.9 Å². The minimum absolute atomic E-state index is 0.0329. The number of piperidine rings is 1. The van der Waals surface area contributed by atoms with E-state index in [1.807, 2.05) is 53.4 Å². The summed E-state index contributed by atoms with van der Waals surface area (Å²) >= 11 is 0. The molecule has 0 atom stereocenters. The second-order valence-electron chi connectivity index (χ2n) is 6.48. The molecule has 2 aromatic carbocycles. The van der Waals surface area contributed by atoms with Crippen LogP contribution in [0.5, 0.6) is 0 Å². The molecule has 2 amide bonds. The Labute approximate surface area is 148 Å². The molecule has 0 spiro atoms. The molecule has 4 nitrogen and oxygen atoms in total. The van der Waals surface area contributed by atoms with Crippen LogP contribution in [0.1, 0.15) is 35.2 Å². The topological polar surface area (TPSA) is 49.4 Å². The van der Waals surface area contributed by atoms with Crippen LogP contribution in [0.25, 0.3) is 0 Å². The van der Waals surface area contributed by atoms with E-state index in [2.05, 4.69) is 17.4 Å². The zero-order valence-corrected chi connectivity index (χ0v) is 14.4. The molecule has 1 N–H and O–H groups in total. The number of benzene rings is 2. The van der Waals surface area contributed by atoms with Gasteiger partial charge in [0.2, 0.25) is 5.91 Å². The summed E-state index contributed by atoms with van der Waals surface area (Å²) in [6.45, 7) is 1.43. The van der Waals surface area contributed by atoms with Crippen LogP contribution in [0.15, 0.2) is 60.7 Å². The van der Waals surface area contributed by atoms with E-state index in [0.29, 0.717) is 25.1 Å². The van der Waals surface area contributed by atoms with E-state index in [0.717, 1.165) is 19.3 Å². The molecular formula is C21H24N2O2. The van der Waals surface area contributed by atoms with E-state index in [4.69, 9.17) is 0 Å². The molecule has 1 aliphatic rings. The highest BCUT2D eigenvalue weighted by atomic mass is 16.2. The second kappa shape index (κ2) is 8.47. The molecule has 0 aliphatic carbocycles. The predicted molar refractivity (Wildman–Crippen MR) is 98.3 cm³/mol. The van der Waals surface area contributed by atoms with Gasteiger partial charge in [-0.05, 0) is 37.0 Å². The molecule has 1 aliphatic heterocycles. The van der Waals surface area contributed by atoms with E-state index in [9.17, 15) is 9.59 Å². The number of likely N-dealkylation sites (tertiary alicyclic amines) is 1. The van der Waals surface area contributed by atoms with Gasteiger partial charge in [0.15, 0.2) is 0 Å². The zero-order chi connectivity index (χ0) is 17.5. The fourth-order valence-corrected chi connectivity index (χ4v) is 3.19. The number of nitrogens with one attached hydrogen (secondary N) is 1. The maximum absolute atomic E-state index is 12.4. The van der Waals surface area contributed by atoms with Gasteiger partial charge in [0.1, 0.15) is 0 Å². The Balaban J connectivity index is 1.42. The third-order valence-electron chi connectivity index (χ3n) is 4.69. The molecule has 2 aromatic rings. The molecule has 0 saturated carbocycles. The average molecular weight is 336 g/mol. The number of rotatable bonds is 5. The van der Waals surface area contributed by atoms with Crippen LogP contribution in [-0.4, -0.2) is 35.8 Å². The lowest BCUT2D eigenvalue weighted by molar-refractivity contribution is -0.132. The largest absolute Gasteiger partial charge is 0.349 e. The minimum Gasteiger partial charge on any atom is -0.349 e. The van der Waals surface area contributed by atoms with Gasteiger partial charge in [0, 0.05) is 31.1 Å². The summed E-state index contributed by atoms with van der Waals surface area (Å²) in [5.41, 5.74) is 1.88. The standard InChI is InChI=1S/C21H24N2O2/c24-20(12-11-17-7-3-1-4-8-17)23-15-13-19(14-16-23)22-21(25)18-9-5-2-6-10-18/h1-10,19H,11-16H2,(H,22,25). The van der Waals surface area contributed by atoms with Crippen molar-refractivity contribution < 1.29 is 9.59 Å². The van der Waals surface area contributed by atoms with Gasteiger partial charge in [-0.15, -0.1) is 0 Å². The highest BCUT2D eigenvalue weighted by molar-refractivity contribution is 5.94. The number of carbonyl (C=O) groups is 2. The fourth-order valence-electron chi connectivity index (χ4n) is 3.19. The van der Waals surface area contributed by atoms with Gasteiger partial charge in [0.05, 0.1) is 0 Å². The maximum Gasteiger partial charge on any atom is 0.251 e. The van der Waals surface area contributed by atoms with E-state index in [1.165, 1.54) is 5.56 Å². The van der Waals surface area contributed by atoms with Crippen molar-refractivity contribution in [3.8, 4) is 0 Å². The molecule has 0 aromatic heterocycles. The van der Waals surface area contributed by atoms with Gasteiger partial charge in [-0.1, -0.05) is 48.5 Å². The van der Waals surface area contributed by atoms with Crippen LogP contribution in [0.4, 0.5) is 0 Å². The lowest BCUT2D eigenvalue weighted by Crippen LogP contribution is -2.46. The maximum atomic E-state index is 12.4. The summed E-state index contributed by atoms with van der Waals surface area (Å²) in [5.74, 6) is 0.172. The summed E-state index contributed by atoms with van der Waals surface area (Å²) in [7, 11) is 0. The van der Waals surface area contributed by atoms with Gasteiger partial charge < -0.3 is 10.2 Å². The Morgan fingerprint density at radius 1 is 0.920 bits per heavy atom. The lowest BCUT2D eigenvalue weighted by atomic mass is 10.0. The van der Waals surface area contributed by atoms with Crippen molar-refractivity contribution in [1.82, 2.24) is 10.2 Å². The molecule has 25 heavy (non-hydrogen) atoms. The first-order valence-corrected chi connectivity index (χ1v) is 8.90. The number of hydrogen-bond acceptors (Lipinski definition) is 2. The first-order chi connectivity index (χ1) is 12.2. The Bertz CT molecular complexity index is 692. The zero-order valence-electron chi connectivity index (χ0n) is 14.4. The van der Waals surface area contributed by atoms with Crippen molar-refractivity contribution in [1.29, 1.82) is 0 Å². The number of nitrogens with zero attached hydrogens (tertiary/aromatic N) is 1. The Kier molecular flexibility index (Phi) is 5.83. The van der Waals surface area contributed by atoms with E-state index >= 15 is 0 Å². The molecule has 3 rings (SSSR count). The number of hydrogen-bond donors (Lipinski definition) is 1. The summed E-state index contributed by atoms with van der Waals surface area (Å²) in [5, 5.41) is 3.08. The van der Waals surface area contributed by atoms with Crippen LogP contribution in [0.2, 0.25) is 0 Å². The fraction of sp³-hybridized carbons (Fsp3) is 0.333. The van der Waals surface area contributed by atoms with Crippen LogP contribution in [-0.2, 0) is 11.2 Å². The third-order valence-corrected chi connectivity index (χ3v) is 4.69. The van der Waals surface area contributed by atoms with Crippen molar-refractivity contribution >= 4 is 11.8 Å². The van der Waals surface area contributed by atoms with E-state index < -0.39 is 0 Å². The van der Waals surface area contributed by atoms with Gasteiger partial charge >= 0.3 is 0 Å². The summed E-state index contributed by atoms with van der Waals surface area (Å²) in [6, 6.07) is 19.5. The first-order valence-electron chi connectivity index (χ1n) is 8.90. The molecule has 1 fully saturated rings. The molecule has 1 heterocycles. The number of aryl methyl sites for hydroxylation is 1. The Morgan fingerprint density at radius 2 is 1.52 bits per heavy atom. The SMILES string of the molecule is O=C(NC1CCN(C(=O)CCc2ccccc2)CC1)c1ccccc1. The highest BCUT2D eigenvalue weighted by Crippen LogP contribution is 2.14. The van der Waals surface area contributed by atoms with Gasteiger partial charge in [0.25, 0.3) is 5.91 Å². The van der Waals surface area contributed by atoms with Crippen LogP contribution >= 0.6 is 0 Å². The molecule has 0 bridgehead atoms. The second-order valence-corrected chi connectivity index (χ2v) is 6.48. The molecule has 130 valence electrons. The van der Waals surface area contributed by atoms with Crippen molar-refractivity contribution in [3.05, 3.63) is 71.8 Å². The van der Waals surface area contributed by atoms with Crippen molar-refractivity contribution in [3.63, 3.8) is 0 Å². The van der Waals surface area contributed by atoms with E-state index in [1.54, 1.807) is 0 Å². The summed E-state index contributed by atoms with van der Waals surface area (Å²) in [4.78, 5) is 26.5. The summed E-state index contributed by atoms with van der Waals surface area (Å²) in [6.07, 6.45) is 2.96. The molecule has 0 unspecified atom stereocenters. The van der Waals surface area contributed by atoms with Crippen molar-refractivity contribution in [2.45, 2.75) is 31.7 Å². The summed E-state index contributed by atoms with van der Waals surface area (Å²) < 4.78 is 0. The third kappa shape index (κ3) is 4.92. The Hall–Kier alpha value is -2.62. The monoisotopic (exact) mass is 336 g/mol.